The van der Waals surface area contributed by atoms with E-state index >= 15 is 0 Å². The molecule has 2 saturated heterocycles. The monoisotopic (exact) mass is 356 g/mol. The first-order chi connectivity index (χ1) is 12.3. The zero-order valence-corrected chi connectivity index (χ0v) is 15.0. The number of carbonyl (C=O) groups is 3. The molecule has 0 radical (unpaired) electrons. The zero-order valence-electron chi connectivity index (χ0n) is 15.0. The highest BCUT2D eigenvalue weighted by Gasteiger charge is 2.42. The average molecular weight is 356 g/mol. The molecule has 1 atom stereocenters. The van der Waals surface area contributed by atoms with Crippen LogP contribution in [0.3, 0.4) is 0 Å². The second-order valence-electron chi connectivity index (χ2n) is 6.89. The van der Waals surface area contributed by atoms with Crippen LogP contribution in [0.2, 0.25) is 0 Å². The third kappa shape index (κ3) is 2.51. The minimum atomic E-state index is -0.610. The number of nitrogens with zero attached hydrogens (tertiary/aromatic N) is 6. The Morgan fingerprint density at radius 2 is 1.96 bits per heavy atom. The first-order valence-electron chi connectivity index (χ1n) is 8.53. The maximum Gasteiger partial charge on any atom is 0.272 e. The average Bonchev–Trinajstić information content (AvgIpc) is 2.99. The summed E-state index contributed by atoms with van der Waals surface area (Å²) in [6, 6.07) is 2.91. The first kappa shape index (κ1) is 16.5. The van der Waals surface area contributed by atoms with Gasteiger partial charge in [0.25, 0.3) is 5.91 Å². The standard InChI is InChI=1S/C17H20N6O3/c1-10-6-14-18-12(7-11(2)23(14)19-10)16(25)21-4-5-22-13(8-21)17(26)20(3)9-15(22)24/h6-7,13H,4-5,8-9H2,1-3H3/t13-/m1/s1. The third-order valence-corrected chi connectivity index (χ3v) is 4.97. The molecule has 9 heteroatoms. The first-order valence-corrected chi connectivity index (χ1v) is 8.53. The van der Waals surface area contributed by atoms with Crippen LogP contribution in [0.15, 0.2) is 12.1 Å². The molecular formula is C17H20N6O3. The SMILES string of the molecule is Cc1cc2nc(C(=O)N3CCN4C(=O)CN(C)C(=O)[C@H]4C3)cc(C)n2n1. The molecule has 2 aliphatic rings. The third-order valence-electron chi connectivity index (χ3n) is 4.97. The molecule has 0 saturated carbocycles. The van der Waals surface area contributed by atoms with Gasteiger partial charge in [-0.1, -0.05) is 0 Å². The van der Waals surface area contributed by atoms with Gasteiger partial charge < -0.3 is 14.7 Å². The number of likely N-dealkylation sites (N-methyl/N-ethyl adjacent to an activating group) is 1. The molecule has 4 rings (SSSR count). The van der Waals surface area contributed by atoms with Crippen molar-refractivity contribution in [3.05, 3.63) is 29.2 Å². The molecule has 136 valence electrons. The Bertz CT molecular complexity index is 936. The number of hydrogen-bond donors (Lipinski definition) is 0. The summed E-state index contributed by atoms with van der Waals surface area (Å²) in [5.41, 5.74) is 2.58. The Kier molecular flexibility index (Phi) is 3.67. The van der Waals surface area contributed by atoms with E-state index in [1.807, 2.05) is 19.9 Å². The van der Waals surface area contributed by atoms with Crippen molar-refractivity contribution in [3.8, 4) is 0 Å². The fourth-order valence-electron chi connectivity index (χ4n) is 3.61. The number of rotatable bonds is 1. The molecule has 0 bridgehead atoms. The molecule has 2 aromatic rings. The van der Waals surface area contributed by atoms with Crippen molar-refractivity contribution in [1.29, 1.82) is 0 Å². The van der Waals surface area contributed by atoms with Gasteiger partial charge in [0.1, 0.15) is 11.7 Å². The predicted molar refractivity (Wildman–Crippen MR) is 91.5 cm³/mol. The normalized spacial score (nSPS) is 20.7. The smallest absolute Gasteiger partial charge is 0.272 e. The summed E-state index contributed by atoms with van der Waals surface area (Å²) in [5, 5.41) is 4.34. The maximum absolute atomic E-state index is 13.0. The molecule has 0 spiro atoms. The molecule has 3 amide bonds. The summed E-state index contributed by atoms with van der Waals surface area (Å²) >= 11 is 0. The van der Waals surface area contributed by atoms with Crippen molar-refractivity contribution in [3.63, 3.8) is 0 Å². The van der Waals surface area contributed by atoms with Gasteiger partial charge in [0.05, 0.1) is 18.8 Å². The van der Waals surface area contributed by atoms with E-state index in [0.29, 0.717) is 24.4 Å². The number of carbonyl (C=O) groups excluding carboxylic acids is 3. The van der Waals surface area contributed by atoms with Crippen LogP contribution in [-0.2, 0) is 9.59 Å². The quantitative estimate of drug-likeness (QED) is 0.685. The number of hydrogen-bond acceptors (Lipinski definition) is 5. The van der Waals surface area contributed by atoms with Gasteiger partial charge in [-0.15, -0.1) is 0 Å². The highest BCUT2D eigenvalue weighted by Crippen LogP contribution is 2.19. The van der Waals surface area contributed by atoms with Gasteiger partial charge in [-0.05, 0) is 19.9 Å². The van der Waals surface area contributed by atoms with E-state index in [4.69, 9.17) is 0 Å². The van der Waals surface area contributed by atoms with Crippen LogP contribution < -0.4 is 0 Å². The number of aromatic nitrogens is 3. The van der Waals surface area contributed by atoms with Gasteiger partial charge in [-0.3, -0.25) is 14.4 Å². The number of fused-ring (bicyclic) bond motifs is 2. The fraction of sp³-hybridized carbons (Fsp3) is 0.471. The Labute approximate surface area is 150 Å². The lowest BCUT2D eigenvalue weighted by molar-refractivity contribution is -0.157. The molecule has 0 aromatic carbocycles. The topological polar surface area (TPSA) is 91.1 Å². The van der Waals surface area contributed by atoms with E-state index in [1.165, 1.54) is 4.90 Å². The van der Waals surface area contributed by atoms with Gasteiger partial charge >= 0.3 is 0 Å². The molecule has 26 heavy (non-hydrogen) atoms. The van der Waals surface area contributed by atoms with E-state index in [9.17, 15) is 14.4 Å². The molecule has 9 nitrogen and oxygen atoms in total. The number of piperazine rings is 2. The van der Waals surface area contributed by atoms with Gasteiger partial charge in [0.15, 0.2) is 5.65 Å². The lowest BCUT2D eigenvalue weighted by Crippen LogP contribution is -2.66. The predicted octanol–water partition coefficient (Wildman–Crippen LogP) is -0.529. The minimum Gasteiger partial charge on any atom is -0.335 e. The molecular weight excluding hydrogens is 336 g/mol. The van der Waals surface area contributed by atoms with Crippen LogP contribution in [-0.4, -0.2) is 86.3 Å². The van der Waals surface area contributed by atoms with Crippen LogP contribution in [0.1, 0.15) is 21.9 Å². The van der Waals surface area contributed by atoms with Gasteiger partial charge in [0, 0.05) is 31.9 Å². The summed E-state index contributed by atoms with van der Waals surface area (Å²) in [5.74, 6) is -0.440. The molecule has 0 unspecified atom stereocenters. The summed E-state index contributed by atoms with van der Waals surface area (Å²) < 4.78 is 1.70. The maximum atomic E-state index is 13.0. The largest absolute Gasteiger partial charge is 0.335 e. The van der Waals surface area contributed by atoms with Crippen LogP contribution >= 0.6 is 0 Å². The summed E-state index contributed by atoms with van der Waals surface area (Å²) in [4.78, 5) is 46.5. The Hall–Kier alpha value is -2.97. The van der Waals surface area contributed by atoms with Crippen molar-refractivity contribution in [1.82, 2.24) is 29.3 Å². The van der Waals surface area contributed by atoms with E-state index in [1.54, 1.807) is 27.4 Å². The van der Waals surface area contributed by atoms with Crippen LogP contribution in [0.4, 0.5) is 0 Å². The summed E-state index contributed by atoms with van der Waals surface area (Å²) in [6.45, 7) is 4.79. The lowest BCUT2D eigenvalue weighted by Gasteiger charge is -2.45. The molecule has 4 heterocycles. The molecule has 0 N–H and O–H groups in total. The zero-order chi connectivity index (χ0) is 18.6. The number of amides is 3. The summed E-state index contributed by atoms with van der Waals surface area (Å²) in [6.07, 6.45) is 0. The van der Waals surface area contributed by atoms with E-state index in [2.05, 4.69) is 10.1 Å². The molecule has 2 aliphatic heterocycles. The molecule has 0 aliphatic carbocycles. The highest BCUT2D eigenvalue weighted by molar-refractivity contribution is 5.97. The van der Waals surface area contributed by atoms with Crippen LogP contribution in [0.25, 0.3) is 5.65 Å². The van der Waals surface area contributed by atoms with Crippen molar-refractivity contribution in [2.75, 3.05) is 33.2 Å². The van der Waals surface area contributed by atoms with E-state index in [0.717, 1.165) is 11.4 Å². The second kappa shape index (κ2) is 5.79. The van der Waals surface area contributed by atoms with Gasteiger partial charge in [-0.25, -0.2) is 9.50 Å². The van der Waals surface area contributed by atoms with Crippen molar-refractivity contribution in [2.45, 2.75) is 19.9 Å². The highest BCUT2D eigenvalue weighted by atomic mass is 16.2. The van der Waals surface area contributed by atoms with Crippen LogP contribution in [0.5, 0.6) is 0 Å². The van der Waals surface area contributed by atoms with E-state index < -0.39 is 6.04 Å². The Morgan fingerprint density at radius 3 is 2.73 bits per heavy atom. The van der Waals surface area contributed by atoms with Crippen LogP contribution in [0, 0.1) is 13.8 Å². The van der Waals surface area contributed by atoms with Crippen molar-refractivity contribution >= 4 is 23.4 Å². The lowest BCUT2D eigenvalue weighted by atomic mass is 10.1. The van der Waals surface area contributed by atoms with Gasteiger partial charge in [-0.2, -0.15) is 5.10 Å². The van der Waals surface area contributed by atoms with E-state index in [-0.39, 0.29) is 30.8 Å². The summed E-state index contributed by atoms with van der Waals surface area (Å²) in [7, 11) is 1.61. The van der Waals surface area contributed by atoms with Gasteiger partial charge in [0.2, 0.25) is 11.8 Å². The fourth-order valence-corrected chi connectivity index (χ4v) is 3.61. The minimum absolute atomic E-state index is 0.0747. The number of aryl methyl sites for hydroxylation is 2. The molecule has 2 aromatic heterocycles. The van der Waals surface area contributed by atoms with Crippen molar-refractivity contribution in [2.24, 2.45) is 0 Å². The van der Waals surface area contributed by atoms with Crippen molar-refractivity contribution < 1.29 is 14.4 Å². The second-order valence-corrected chi connectivity index (χ2v) is 6.89. The molecule has 2 fully saturated rings. The Morgan fingerprint density at radius 1 is 1.19 bits per heavy atom. The Balaban J connectivity index is 1.61.